The molecule has 0 bridgehead atoms. The Bertz CT molecular complexity index is 501. The van der Waals surface area contributed by atoms with E-state index in [9.17, 15) is 9.90 Å². The van der Waals surface area contributed by atoms with Crippen LogP contribution >= 0.6 is 11.8 Å². The summed E-state index contributed by atoms with van der Waals surface area (Å²) in [4.78, 5) is 13.1. The number of thioether (sulfide) groups is 1. The molecule has 0 saturated heterocycles. The first-order chi connectivity index (χ1) is 10.2. The number of nitrogens with one attached hydrogen (secondary N) is 2. The van der Waals surface area contributed by atoms with Crippen LogP contribution in [0.4, 0.5) is 4.79 Å². The summed E-state index contributed by atoms with van der Waals surface area (Å²) in [6, 6.07) is 6.07. The predicted molar refractivity (Wildman–Crippen MR) is 93.3 cm³/mol. The van der Waals surface area contributed by atoms with Crippen LogP contribution in [0.3, 0.4) is 0 Å². The van der Waals surface area contributed by atoms with Gasteiger partial charge in [-0.15, -0.1) is 11.8 Å². The van der Waals surface area contributed by atoms with Crippen molar-refractivity contribution >= 4 is 17.8 Å². The number of hydrogen-bond donors (Lipinski definition) is 3. The fourth-order valence-corrected chi connectivity index (χ4v) is 3.13. The smallest absolute Gasteiger partial charge is 0.315 e. The second-order valence-electron chi connectivity index (χ2n) is 6.57. The molecule has 5 heteroatoms. The molecule has 4 nitrogen and oxygen atoms in total. The maximum Gasteiger partial charge on any atom is 0.315 e. The number of amides is 2. The van der Waals surface area contributed by atoms with E-state index in [1.54, 1.807) is 18.7 Å². The highest BCUT2D eigenvalue weighted by atomic mass is 32.2. The monoisotopic (exact) mass is 324 g/mol. The maximum atomic E-state index is 11.9. The van der Waals surface area contributed by atoms with Crippen molar-refractivity contribution in [2.45, 2.75) is 51.7 Å². The number of benzene rings is 1. The zero-order valence-electron chi connectivity index (χ0n) is 14.2. The minimum atomic E-state index is -0.364. The number of carbonyl (C=O) groups excluding carboxylic acids is 1. The Morgan fingerprint density at radius 2 is 2.05 bits per heavy atom. The minimum Gasteiger partial charge on any atom is -0.393 e. The molecule has 1 atom stereocenters. The Labute approximate surface area is 138 Å². The molecule has 0 aliphatic carbocycles. The number of hydrogen-bond acceptors (Lipinski definition) is 3. The first-order valence-corrected chi connectivity index (χ1v) is 8.79. The molecule has 0 fully saturated rings. The molecule has 0 saturated carbocycles. The van der Waals surface area contributed by atoms with Gasteiger partial charge in [-0.1, -0.05) is 26.0 Å². The van der Waals surface area contributed by atoms with Crippen molar-refractivity contribution in [1.82, 2.24) is 10.6 Å². The largest absolute Gasteiger partial charge is 0.393 e. The van der Waals surface area contributed by atoms with Gasteiger partial charge in [0.2, 0.25) is 0 Å². The van der Waals surface area contributed by atoms with Crippen LogP contribution in [0.2, 0.25) is 0 Å². The SMILES string of the molecule is CSc1cc(C)ccc1CNC(=O)NCC(C)(C)CC(C)O. The van der Waals surface area contributed by atoms with Gasteiger partial charge in [-0.05, 0) is 49.1 Å². The summed E-state index contributed by atoms with van der Waals surface area (Å²) in [5, 5.41) is 15.2. The Kier molecular flexibility index (Phi) is 7.23. The lowest BCUT2D eigenvalue weighted by Crippen LogP contribution is -2.41. The number of aryl methyl sites for hydroxylation is 1. The molecule has 0 radical (unpaired) electrons. The van der Waals surface area contributed by atoms with Crippen LogP contribution in [0.5, 0.6) is 0 Å². The number of urea groups is 1. The topological polar surface area (TPSA) is 61.4 Å². The second kappa shape index (κ2) is 8.44. The Hall–Kier alpha value is -1.20. The second-order valence-corrected chi connectivity index (χ2v) is 7.42. The van der Waals surface area contributed by atoms with Gasteiger partial charge in [0.05, 0.1) is 6.10 Å². The quantitative estimate of drug-likeness (QED) is 0.674. The lowest BCUT2D eigenvalue weighted by molar-refractivity contribution is 0.129. The average molecular weight is 324 g/mol. The van der Waals surface area contributed by atoms with Crippen LogP contribution in [-0.4, -0.2) is 30.0 Å². The van der Waals surface area contributed by atoms with Gasteiger partial charge < -0.3 is 15.7 Å². The molecule has 0 heterocycles. The van der Waals surface area contributed by atoms with Gasteiger partial charge in [0, 0.05) is 18.0 Å². The molecule has 22 heavy (non-hydrogen) atoms. The van der Waals surface area contributed by atoms with Gasteiger partial charge in [0.25, 0.3) is 0 Å². The Morgan fingerprint density at radius 1 is 1.36 bits per heavy atom. The third-order valence-corrected chi connectivity index (χ3v) is 4.28. The van der Waals surface area contributed by atoms with Crippen molar-refractivity contribution in [2.75, 3.05) is 12.8 Å². The summed E-state index contributed by atoms with van der Waals surface area (Å²) in [6.07, 6.45) is 2.33. The van der Waals surface area contributed by atoms with Crippen LogP contribution in [0.25, 0.3) is 0 Å². The van der Waals surface area contributed by atoms with Crippen molar-refractivity contribution in [2.24, 2.45) is 5.41 Å². The lowest BCUT2D eigenvalue weighted by Gasteiger charge is -2.26. The average Bonchev–Trinajstić information content (AvgIpc) is 2.42. The number of carbonyl (C=O) groups is 1. The van der Waals surface area contributed by atoms with Crippen LogP contribution in [-0.2, 0) is 6.54 Å². The van der Waals surface area contributed by atoms with Gasteiger partial charge in [-0.2, -0.15) is 0 Å². The van der Waals surface area contributed by atoms with Crippen LogP contribution in [0, 0.1) is 12.3 Å². The van der Waals surface area contributed by atoms with E-state index >= 15 is 0 Å². The first kappa shape index (κ1) is 18.8. The molecule has 1 rings (SSSR count). The fraction of sp³-hybridized carbons (Fsp3) is 0.588. The minimum absolute atomic E-state index is 0.125. The normalized spacial score (nSPS) is 12.8. The van der Waals surface area contributed by atoms with E-state index in [4.69, 9.17) is 0 Å². The molecular weight excluding hydrogens is 296 g/mol. The van der Waals surface area contributed by atoms with Crippen LogP contribution in [0.1, 0.15) is 38.3 Å². The van der Waals surface area contributed by atoms with E-state index in [2.05, 4.69) is 35.8 Å². The molecule has 1 aromatic carbocycles. The van der Waals surface area contributed by atoms with Crippen molar-refractivity contribution in [3.05, 3.63) is 29.3 Å². The van der Waals surface area contributed by atoms with Gasteiger partial charge >= 0.3 is 6.03 Å². The van der Waals surface area contributed by atoms with Gasteiger partial charge in [0.1, 0.15) is 0 Å². The molecule has 1 aromatic rings. The zero-order valence-corrected chi connectivity index (χ0v) is 15.0. The van der Waals surface area contributed by atoms with Crippen LogP contribution in [0.15, 0.2) is 23.1 Å². The van der Waals surface area contributed by atoms with E-state index in [-0.39, 0.29) is 17.6 Å². The third kappa shape index (κ3) is 6.71. The zero-order chi connectivity index (χ0) is 16.8. The van der Waals surface area contributed by atoms with Crippen molar-refractivity contribution < 1.29 is 9.90 Å². The molecule has 0 aliphatic rings. The van der Waals surface area contributed by atoms with Gasteiger partial charge in [-0.25, -0.2) is 4.79 Å². The maximum absolute atomic E-state index is 11.9. The van der Waals surface area contributed by atoms with Gasteiger partial charge in [-0.3, -0.25) is 0 Å². The number of aliphatic hydroxyl groups is 1. The summed E-state index contributed by atoms with van der Waals surface area (Å²) in [5.74, 6) is 0. The Balaban J connectivity index is 2.47. The molecule has 3 N–H and O–H groups in total. The molecular formula is C17H28N2O2S. The predicted octanol–water partition coefficient (Wildman–Crippen LogP) is 3.31. The highest BCUT2D eigenvalue weighted by Crippen LogP contribution is 2.22. The molecule has 124 valence electrons. The summed E-state index contributed by atoms with van der Waals surface area (Å²) < 4.78 is 0. The number of rotatable bonds is 7. The van der Waals surface area contributed by atoms with E-state index in [0.717, 1.165) is 5.56 Å². The van der Waals surface area contributed by atoms with E-state index in [1.165, 1.54) is 10.5 Å². The highest BCUT2D eigenvalue weighted by molar-refractivity contribution is 7.98. The summed E-state index contributed by atoms with van der Waals surface area (Å²) >= 11 is 1.69. The van der Waals surface area contributed by atoms with Crippen molar-refractivity contribution in [1.29, 1.82) is 0 Å². The van der Waals surface area contributed by atoms with E-state index in [1.807, 2.05) is 20.1 Å². The van der Waals surface area contributed by atoms with Crippen molar-refractivity contribution in [3.8, 4) is 0 Å². The fourth-order valence-electron chi connectivity index (χ4n) is 2.43. The number of aliphatic hydroxyl groups excluding tert-OH is 1. The molecule has 0 aliphatic heterocycles. The van der Waals surface area contributed by atoms with Gasteiger partial charge in [0.15, 0.2) is 0 Å². The lowest BCUT2D eigenvalue weighted by atomic mass is 9.87. The molecule has 2 amide bonds. The van der Waals surface area contributed by atoms with E-state index < -0.39 is 0 Å². The summed E-state index contributed by atoms with van der Waals surface area (Å²) in [5.41, 5.74) is 2.22. The Morgan fingerprint density at radius 3 is 2.64 bits per heavy atom. The molecule has 0 spiro atoms. The summed E-state index contributed by atoms with van der Waals surface area (Å²) in [6.45, 7) is 8.95. The van der Waals surface area contributed by atoms with Crippen molar-refractivity contribution in [3.63, 3.8) is 0 Å². The first-order valence-electron chi connectivity index (χ1n) is 7.57. The standard InChI is InChI=1S/C17H28N2O2S/c1-12-6-7-14(15(8-12)22-5)10-18-16(21)19-11-17(3,4)9-13(2)20/h6-8,13,20H,9-11H2,1-5H3,(H2,18,19,21). The third-order valence-electron chi connectivity index (χ3n) is 3.46. The molecule has 1 unspecified atom stereocenters. The molecule has 0 aromatic heterocycles. The summed E-state index contributed by atoms with van der Waals surface area (Å²) in [7, 11) is 0. The van der Waals surface area contributed by atoms with E-state index in [0.29, 0.717) is 19.5 Å². The highest BCUT2D eigenvalue weighted by Gasteiger charge is 2.21. The van der Waals surface area contributed by atoms with Crippen LogP contribution < -0.4 is 10.6 Å².